The van der Waals surface area contributed by atoms with Crippen molar-refractivity contribution in [3.8, 4) is 78.7 Å². The van der Waals surface area contributed by atoms with Gasteiger partial charge < -0.3 is 0 Å². The van der Waals surface area contributed by atoms with Gasteiger partial charge in [0.1, 0.15) is 0 Å². The molecule has 2 aromatic heterocycles. The van der Waals surface area contributed by atoms with Gasteiger partial charge in [-0.2, -0.15) is 0 Å². The van der Waals surface area contributed by atoms with E-state index in [1.165, 1.54) is 42.4 Å². The Morgan fingerprint density at radius 1 is 0.273 bits per heavy atom. The number of fused-ring (bicyclic) bond motifs is 3. The van der Waals surface area contributed by atoms with Crippen LogP contribution < -0.4 is 0 Å². The van der Waals surface area contributed by atoms with Crippen molar-refractivity contribution >= 4 is 31.5 Å². The zero-order chi connectivity index (χ0) is 36.6. The Labute approximate surface area is 323 Å². The molecule has 4 heteroatoms. The molecular weight excluding hydrogens is 687 g/mol. The van der Waals surface area contributed by atoms with E-state index in [4.69, 9.17) is 15.0 Å². The van der Waals surface area contributed by atoms with Crippen LogP contribution in [-0.4, -0.2) is 15.0 Å². The van der Waals surface area contributed by atoms with Gasteiger partial charge in [-0.1, -0.05) is 176 Å². The lowest BCUT2D eigenvalue weighted by Gasteiger charge is -2.11. The molecule has 10 rings (SSSR count). The maximum Gasteiger partial charge on any atom is 0.165 e. The highest BCUT2D eigenvalue weighted by atomic mass is 32.1. The van der Waals surface area contributed by atoms with Gasteiger partial charge in [0.25, 0.3) is 0 Å². The molecule has 0 spiro atoms. The maximum atomic E-state index is 5.20. The van der Waals surface area contributed by atoms with Gasteiger partial charge in [0, 0.05) is 36.9 Å². The van der Waals surface area contributed by atoms with Crippen molar-refractivity contribution in [2.75, 3.05) is 0 Å². The van der Waals surface area contributed by atoms with Crippen LogP contribution in [0.3, 0.4) is 0 Å². The topological polar surface area (TPSA) is 38.7 Å². The van der Waals surface area contributed by atoms with E-state index in [1.807, 2.05) is 12.1 Å². The first-order chi connectivity index (χ1) is 27.2. The van der Waals surface area contributed by atoms with Crippen LogP contribution in [0, 0.1) is 0 Å². The number of hydrogen-bond acceptors (Lipinski definition) is 4. The normalized spacial score (nSPS) is 11.3. The largest absolute Gasteiger partial charge is 0.208 e. The van der Waals surface area contributed by atoms with E-state index in [0.29, 0.717) is 17.5 Å². The molecule has 0 amide bonds. The van der Waals surface area contributed by atoms with Gasteiger partial charge in [-0.3, -0.25) is 0 Å². The molecule has 3 nitrogen and oxygen atoms in total. The Bertz CT molecular complexity index is 2950. The van der Waals surface area contributed by atoms with Crippen molar-refractivity contribution in [1.29, 1.82) is 0 Å². The summed E-state index contributed by atoms with van der Waals surface area (Å²) < 4.78 is 2.42. The first-order valence-electron chi connectivity index (χ1n) is 18.4. The van der Waals surface area contributed by atoms with Gasteiger partial charge in [0.2, 0.25) is 0 Å². The summed E-state index contributed by atoms with van der Waals surface area (Å²) in [6, 6.07) is 70.5. The molecule has 0 radical (unpaired) electrons. The Kier molecular flexibility index (Phi) is 8.36. The predicted molar refractivity (Wildman–Crippen MR) is 231 cm³/mol. The second kappa shape index (κ2) is 14.1. The van der Waals surface area contributed by atoms with Crippen LogP contribution in [0.15, 0.2) is 200 Å². The van der Waals surface area contributed by atoms with Crippen molar-refractivity contribution in [1.82, 2.24) is 15.0 Å². The lowest BCUT2D eigenvalue weighted by Crippen LogP contribution is -2.00. The highest BCUT2D eigenvalue weighted by Crippen LogP contribution is 2.40. The third kappa shape index (κ3) is 6.39. The van der Waals surface area contributed by atoms with Gasteiger partial charge in [-0.15, -0.1) is 11.3 Å². The Morgan fingerprint density at radius 3 is 1.31 bits per heavy atom. The molecule has 0 aliphatic carbocycles. The Hall–Kier alpha value is -7.01. The van der Waals surface area contributed by atoms with E-state index >= 15 is 0 Å². The summed E-state index contributed by atoms with van der Waals surface area (Å²) in [4.78, 5) is 15.5. The summed E-state index contributed by atoms with van der Waals surface area (Å²) in [6.07, 6.45) is 0. The van der Waals surface area contributed by atoms with Crippen molar-refractivity contribution in [3.05, 3.63) is 200 Å². The number of benzene rings is 8. The molecule has 10 aromatic rings. The average Bonchev–Trinajstić information content (AvgIpc) is 3.66. The van der Waals surface area contributed by atoms with Crippen molar-refractivity contribution in [2.24, 2.45) is 0 Å². The fourth-order valence-corrected chi connectivity index (χ4v) is 8.53. The Balaban J connectivity index is 1.07. The molecule has 0 atom stereocenters. The van der Waals surface area contributed by atoms with Gasteiger partial charge in [-0.05, 0) is 68.8 Å². The number of aromatic nitrogens is 3. The first-order valence-corrected chi connectivity index (χ1v) is 19.2. The minimum absolute atomic E-state index is 0.639. The number of nitrogens with zero attached hydrogens (tertiary/aromatic N) is 3. The van der Waals surface area contributed by atoms with Crippen LogP contribution >= 0.6 is 11.3 Å². The molecule has 0 N–H and O–H groups in total. The zero-order valence-corrected chi connectivity index (χ0v) is 30.6. The molecule has 0 aliphatic rings. The number of hydrogen-bond donors (Lipinski definition) is 0. The van der Waals surface area contributed by atoms with Crippen molar-refractivity contribution in [3.63, 3.8) is 0 Å². The van der Waals surface area contributed by atoms with Gasteiger partial charge in [0.15, 0.2) is 17.5 Å². The highest BCUT2D eigenvalue weighted by Gasteiger charge is 2.17. The number of rotatable bonds is 7. The lowest BCUT2D eigenvalue weighted by molar-refractivity contribution is 1.08. The molecule has 0 saturated heterocycles. The van der Waals surface area contributed by atoms with Crippen LogP contribution in [0.25, 0.3) is 98.8 Å². The fraction of sp³-hybridized carbons (Fsp3) is 0. The zero-order valence-electron chi connectivity index (χ0n) is 29.8. The molecule has 2 heterocycles. The van der Waals surface area contributed by atoms with E-state index in [0.717, 1.165) is 38.9 Å². The maximum absolute atomic E-state index is 5.20. The van der Waals surface area contributed by atoms with Crippen LogP contribution in [0.2, 0.25) is 0 Å². The lowest BCUT2D eigenvalue weighted by atomic mass is 9.98. The summed E-state index contributed by atoms with van der Waals surface area (Å²) in [6.45, 7) is 0. The summed E-state index contributed by atoms with van der Waals surface area (Å²) >= 11 is 1.78. The molecular formula is C51H33N3S. The van der Waals surface area contributed by atoms with E-state index in [9.17, 15) is 0 Å². The minimum Gasteiger partial charge on any atom is -0.208 e. The molecule has 0 fully saturated rings. The molecule has 0 saturated carbocycles. The number of thiophene rings is 1. The second-order valence-electron chi connectivity index (χ2n) is 13.6. The van der Waals surface area contributed by atoms with Gasteiger partial charge >= 0.3 is 0 Å². The van der Waals surface area contributed by atoms with Crippen LogP contribution in [0.4, 0.5) is 0 Å². The average molecular weight is 720 g/mol. The SMILES string of the molecule is c1ccc(-c2ccc(-c3ccc(-c4nc(-c5cccc(-c6cccc(-c7ccccc7)c6)c5)nc(-c5cccc6c5sc5ccccc56)n4)cc3)cc2)cc1. The summed E-state index contributed by atoms with van der Waals surface area (Å²) in [7, 11) is 0. The van der Waals surface area contributed by atoms with Crippen molar-refractivity contribution < 1.29 is 0 Å². The third-order valence-corrected chi connectivity index (χ3v) is 11.4. The predicted octanol–water partition coefficient (Wildman–Crippen LogP) is 13.9. The molecule has 8 aromatic carbocycles. The van der Waals surface area contributed by atoms with E-state index < -0.39 is 0 Å². The van der Waals surface area contributed by atoms with Crippen LogP contribution in [0.1, 0.15) is 0 Å². The standard InChI is InChI=1S/C51H33N3S/c1-3-12-34(13-4-1)36-24-26-37(27-25-36)38-28-30-39(31-29-38)49-52-50(54-51(53-49)46-22-11-21-45-44-20-7-8-23-47(44)55-48(45)46)43-19-10-18-42(33-43)41-17-9-16-40(32-41)35-14-5-2-6-15-35/h1-33H. The summed E-state index contributed by atoms with van der Waals surface area (Å²) in [5.74, 6) is 1.94. The molecule has 0 bridgehead atoms. The van der Waals surface area contributed by atoms with Crippen LogP contribution in [-0.2, 0) is 0 Å². The molecule has 0 aliphatic heterocycles. The fourth-order valence-electron chi connectivity index (χ4n) is 7.32. The van der Waals surface area contributed by atoms with Gasteiger partial charge in [0.05, 0.1) is 0 Å². The highest BCUT2D eigenvalue weighted by molar-refractivity contribution is 7.26. The van der Waals surface area contributed by atoms with Crippen molar-refractivity contribution in [2.45, 2.75) is 0 Å². The van der Waals surface area contributed by atoms with E-state index in [2.05, 4.69) is 188 Å². The van der Waals surface area contributed by atoms with Crippen LogP contribution in [0.5, 0.6) is 0 Å². The van der Waals surface area contributed by atoms with E-state index in [-0.39, 0.29) is 0 Å². The minimum atomic E-state index is 0.639. The van der Waals surface area contributed by atoms with Gasteiger partial charge in [-0.25, -0.2) is 15.0 Å². The van der Waals surface area contributed by atoms with E-state index in [1.54, 1.807) is 11.3 Å². The molecule has 0 unspecified atom stereocenters. The summed E-state index contributed by atoms with van der Waals surface area (Å²) in [5, 5.41) is 2.46. The molecule has 55 heavy (non-hydrogen) atoms. The first kappa shape index (κ1) is 32.6. The monoisotopic (exact) mass is 719 g/mol. The third-order valence-electron chi connectivity index (χ3n) is 10.2. The smallest absolute Gasteiger partial charge is 0.165 e. The Morgan fingerprint density at radius 2 is 0.673 bits per heavy atom. The second-order valence-corrected chi connectivity index (χ2v) is 14.7. The summed E-state index contributed by atoms with van der Waals surface area (Å²) in [5.41, 5.74) is 12.2. The quantitative estimate of drug-likeness (QED) is 0.165. The molecule has 258 valence electrons.